The molecule has 0 aromatic heterocycles. The third kappa shape index (κ3) is 4.50. The first-order valence-electron chi connectivity index (χ1n) is 4.60. The van der Waals surface area contributed by atoms with Gasteiger partial charge in [0, 0.05) is 12.3 Å². The molecule has 1 atom stereocenters. The number of ketones is 1. The van der Waals surface area contributed by atoms with Crippen molar-refractivity contribution >= 4 is 5.78 Å². The molecule has 0 aromatic rings. The van der Waals surface area contributed by atoms with Crippen molar-refractivity contribution in [1.82, 2.24) is 0 Å². The van der Waals surface area contributed by atoms with Crippen molar-refractivity contribution in [2.24, 2.45) is 0 Å². The minimum atomic E-state index is -0.832. The molecule has 0 fully saturated rings. The van der Waals surface area contributed by atoms with Crippen LogP contribution in [0.25, 0.3) is 0 Å². The minimum Gasteiger partial charge on any atom is -0.385 e. The normalized spacial score (nSPS) is 13.4. The fraction of sp³-hybridized carbons (Fsp3) is 0.800. The molecule has 0 spiro atoms. The largest absolute Gasteiger partial charge is 0.385 e. The molecule has 0 aliphatic rings. The summed E-state index contributed by atoms with van der Waals surface area (Å²) >= 11 is 0. The first-order chi connectivity index (χ1) is 5.59. The monoisotopic (exact) mass is 171 g/mol. The topological polar surface area (TPSA) is 37.3 Å². The van der Waals surface area contributed by atoms with Gasteiger partial charge in [0.25, 0.3) is 0 Å². The molecule has 71 valence electrons. The van der Waals surface area contributed by atoms with Gasteiger partial charge in [-0.15, -0.1) is 0 Å². The Hall–Kier alpha value is -0.370. The summed E-state index contributed by atoms with van der Waals surface area (Å²) < 4.78 is 0. The number of hydrogen-bond acceptors (Lipinski definition) is 2. The van der Waals surface area contributed by atoms with Crippen LogP contribution in [0.5, 0.6) is 0 Å². The van der Waals surface area contributed by atoms with E-state index in [1.807, 2.05) is 0 Å². The van der Waals surface area contributed by atoms with Gasteiger partial charge in [0.2, 0.25) is 0 Å². The van der Waals surface area contributed by atoms with Gasteiger partial charge in [0.05, 0.1) is 0 Å². The van der Waals surface area contributed by atoms with Crippen molar-refractivity contribution in [3.63, 3.8) is 0 Å². The average molecular weight is 171 g/mol. The van der Waals surface area contributed by atoms with E-state index >= 15 is 0 Å². The maximum absolute atomic E-state index is 11.2. The third-order valence-corrected chi connectivity index (χ3v) is 1.88. The predicted molar refractivity (Wildman–Crippen MR) is 49.7 cm³/mol. The first kappa shape index (κ1) is 11.6. The van der Waals surface area contributed by atoms with E-state index in [1.54, 1.807) is 13.8 Å². The van der Waals surface area contributed by atoms with Gasteiger partial charge in [-0.05, 0) is 6.42 Å². The number of Topliss-reactive ketones (excluding diaryl/α,β-unsaturated/α-hetero) is 1. The van der Waals surface area contributed by atoms with Gasteiger partial charge in [-0.3, -0.25) is 4.79 Å². The highest BCUT2D eigenvalue weighted by Gasteiger charge is 2.17. The second kappa shape index (κ2) is 6.18. The minimum absolute atomic E-state index is 0.0385. The van der Waals surface area contributed by atoms with Crippen LogP contribution in [0.1, 0.15) is 46.5 Å². The molecule has 0 saturated heterocycles. The molecule has 0 rings (SSSR count). The van der Waals surface area contributed by atoms with Crippen LogP contribution in [0.4, 0.5) is 0 Å². The SMILES string of the molecule is CCCCCC(=O)C(O)[C](C)C. The zero-order chi connectivity index (χ0) is 9.56. The van der Waals surface area contributed by atoms with Gasteiger partial charge < -0.3 is 5.11 Å². The first-order valence-corrected chi connectivity index (χ1v) is 4.60. The summed E-state index contributed by atoms with van der Waals surface area (Å²) in [5.74, 6) is 0.750. The highest BCUT2D eigenvalue weighted by molar-refractivity contribution is 5.84. The molecule has 1 radical (unpaired) electrons. The zero-order valence-corrected chi connectivity index (χ0v) is 8.26. The van der Waals surface area contributed by atoms with Crippen molar-refractivity contribution < 1.29 is 9.90 Å². The molecule has 0 heterocycles. The molecule has 2 nitrogen and oxygen atoms in total. The summed E-state index contributed by atoms with van der Waals surface area (Å²) in [5.41, 5.74) is 0. The summed E-state index contributed by atoms with van der Waals surface area (Å²) in [6.45, 7) is 5.66. The lowest BCUT2D eigenvalue weighted by Crippen LogP contribution is -2.24. The molecule has 12 heavy (non-hydrogen) atoms. The van der Waals surface area contributed by atoms with Crippen LogP contribution in [-0.4, -0.2) is 17.0 Å². The van der Waals surface area contributed by atoms with Gasteiger partial charge in [-0.1, -0.05) is 33.6 Å². The van der Waals surface area contributed by atoms with Crippen LogP contribution < -0.4 is 0 Å². The molecule has 0 aliphatic heterocycles. The molecule has 0 bridgehead atoms. The van der Waals surface area contributed by atoms with Crippen molar-refractivity contribution in [2.75, 3.05) is 0 Å². The van der Waals surface area contributed by atoms with Crippen LogP contribution in [-0.2, 0) is 4.79 Å². The van der Waals surface area contributed by atoms with Crippen LogP contribution in [0.3, 0.4) is 0 Å². The number of carbonyl (C=O) groups excluding carboxylic acids is 1. The Morgan fingerprint density at radius 3 is 2.33 bits per heavy atom. The fourth-order valence-electron chi connectivity index (χ4n) is 1.01. The second-order valence-electron chi connectivity index (χ2n) is 3.40. The number of aliphatic hydroxyl groups excluding tert-OH is 1. The van der Waals surface area contributed by atoms with E-state index in [-0.39, 0.29) is 5.78 Å². The van der Waals surface area contributed by atoms with Gasteiger partial charge in [0.15, 0.2) is 5.78 Å². The Kier molecular flexibility index (Phi) is 5.99. The van der Waals surface area contributed by atoms with Gasteiger partial charge in [-0.2, -0.15) is 0 Å². The fourth-order valence-corrected chi connectivity index (χ4v) is 1.01. The number of carbonyl (C=O) groups is 1. The van der Waals surface area contributed by atoms with E-state index in [0.29, 0.717) is 6.42 Å². The summed E-state index contributed by atoms with van der Waals surface area (Å²) in [7, 11) is 0. The summed E-state index contributed by atoms with van der Waals surface area (Å²) in [6, 6.07) is 0. The van der Waals surface area contributed by atoms with E-state index in [9.17, 15) is 9.90 Å². The molecule has 0 aromatic carbocycles. The Morgan fingerprint density at radius 1 is 1.33 bits per heavy atom. The lowest BCUT2D eigenvalue weighted by Gasteiger charge is -2.11. The number of unbranched alkanes of at least 4 members (excludes halogenated alkanes) is 2. The summed E-state index contributed by atoms with van der Waals surface area (Å²) in [6.07, 6.45) is 2.76. The highest BCUT2D eigenvalue weighted by Crippen LogP contribution is 2.09. The molecular weight excluding hydrogens is 152 g/mol. The maximum Gasteiger partial charge on any atom is 0.161 e. The van der Waals surface area contributed by atoms with E-state index in [1.165, 1.54) is 0 Å². The Labute approximate surface area is 75.0 Å². The number of hydrogen-bond donors (Lipinski definition) is 1. The van der Waals surface area contributed by atoms with E-state index in [0.717, 1.165) is 25.2 Å². The smallest absolute Gasteiger partial charge is 0.161 e. The molecule has 1 N–H and O–H groups in total. The van der Waals surface area contributed by atoms with Crippen molar-refractivity contribution in [1.29, 1.82) is 0 Å². The Morgan fingerprint density at radius 2 is 1.92 bits per heavy atom. The van der Waals surface area contributed by atoms with Gasteiger partial charge >= 0.3 is 0 Å². The van der Waals surface area contributed by atoms with Gasteiger partial charge in [0.1, 0.15) is 6.10 Å². The second-order valence-corrected chi connectivity index (χ2v) is 3.40. The lowest BCUT2D eigenvalue weighted by molar-refractivity contribution is -0.126. The average Bonchev–Trinajstić information content (AvgIpc) is 2.03. The molecule has 0 amide bonds. The molecule has 2 heteroatoms. The van der Waals surface area contributed by atoms with Crippen LogP contribution in [0, 0.1) is 5.92 Å². The summed E-state index contributed by atoms with van der Waals surface area (Å²) in [4.78, 5) is 11.2. The third-order valence-electron chi connectivity index (χ3n) is 1.88. The number of rotatable bonds is 6. The lowest BCUT2D eigenvalue weighted by atomic mass is 9.99. The molecule has 1 unspecified atom stereocenters. The van der Waals surface area contributed by atoms with Crippen molar-refractivity contribution in [2.45, 2.75) is 52.6 Å². The van der Waals surface area contributed by atoms with Gasteiger partial charge in [-0.25, -0.2) is 0 Å². The molecular formula is C10H19O2. The maximum atomic E-state index is 11.2. The van der Waals surface area contributed by atoms with E-state index < -0.39 is 6.10 Å². The highest BCUT2D eigenvalue weighted by atomic mass is 16.3. The predicted octanol–water partition coefficient (Wildman–Crippen LogP) is 2.11. The standard InChI is InChI=1S/C10H19O2/c1-4-5-6-7-9(11)10(12)8(2)3/h10,12H,4-7H2,1-3H3. The van der Waals surface area contributed by atoms with Crippen molar-refractivity contribution in [3.05, 3.63) is 5.92 Å². The molecule has 0 saturated carbocycles. The Balaban J connectivity index is 3.57. The van der Waals surface area contributed by atoms with Crippen LogP contribution in [0.15, 0.2) is 0 Å². The zero-order valence-electron chi connectivity index (χ0n) is 8.26. The Bertz CT molecular complexity index is 130. The quantitative estimate of drug-likeness (QED) is 0.621. The summed E-state index contributed by atoms with van der Waals surface area (Å²) in [5, 5.41) is 9.31. The van der Waals surface area contributed by atoms with Crippen LogP contribution >= 0.6 is 0 Å². The number of aliphatic hydroxyl groups is 1. The van der Waals surface area contributed by atoms with Crippen molar-refractivity contribution in [3.8, 4) is 0 Å². The molecule has 0 aliphatic carbocycles. The van der Waals surface area contributed by atoms with E-state index in [2.05, 4.69) is 6.92 Å². The van der Waals surface area contributed by atoms with Crippen LogP contribution in [0.2, 0.25) is 0 Å². The van der Waals surface area contributed by atoms with E-state index in [4.69, 9.17) is 0 Å².